The van der Waals surface area contributed by atoms with Gasteiger partial charge in [0.2, 0.25) is 0 Å². The number of esters is 4. The Hall–Kier alpha value is -5.82. The molecule has 8 saturated carbocycles. The average molecular weight is 1790 g/mol. The molecule has 0 saturated heterocycles. The molecule has 10 aliphatic carbocycles. The number of rotatable bonds is 20. The van der Waals surface area contributed by atoms with E-state index in [0.29, 0.717) is 46.6 Å². The zero-order valence-electron chi connectivity index (χ0n) is 82.8. The highest BCUT2D eigenvalue weighted by atomic mass is 35.5. The molecular weight excluding hydrogens is 1630 g/mol. The van der Waals surface area contributed by atoms with E-state index >= 15 is 0 Å². The Balaban J connectivity index is 0.000000245. The van der Waals surface area contributed by atoms with Crippen LogP contribution in [-0.2, 0) is 70.3 Å². The van der Waals surface area contributed by atoms with E-state index in [1.165, 1.54) is 0 Å². The van der Waals surface area contributed by atoms with Crippen molar-refractivity contribution in [1.82, 2.24) is 9.80 Å². The first-order valence-electron chi connectivity index (χ1n) is 47.8. The maximum absolute atomic E-state index is 14.4. The monoisotopic (exact) mass is 1790 g/mol. The minimum Gasteiger partial charge on any atom is -0.462 e. The van der Waals surface area contributed by atoms with Crippen molar-refractivity contribution in [3.8, 4) is 0 Å². The molecule has 704 valence electrons. The van der Waals surface area contributed by atoms with E-state index in [0.717, 1.165) is 123 Å². The zero-order chi connectivity index (χ0) is 94.2. The smallest absolute Gasteiger partial charge is 0.410 e. The number of amides is 2. The standard InChI is InChI=1S/2C53H80ClNO8/c2*1-32(2)42-36(56)28-53(39(57)31-55(45(60)63-47(6,7)8)30-33-16-18-34(54)19-17-33)27-26-51(14)35(43(42)53)20-21-38-50(13)24-23-40(49(11,12)37(50)22-25-52(38,51)15)61-41(58)29-48(9,10)44(59)62-46(3,4)5/h2*16-19,32,35,37-40,57H,20-31H2,1-15H3/t35-,37+,38-,39+,40+,50+,51-,52-,53+;35-,37+,38-,39-,40+,50+,51-,52-,53+/m11/s1. The van der Waals surface area contributed by atoms with Crippen molar-refractivity contribution >= 4 is 70.8 Å². The summed E-state index contributed by atoms with van der Waals surface area (Å²) in [6.07, 6.45) is 11.5. The van der Waals surface area contributed by atoms with Gasteiger partial charge in [-0.1, -0.05) is 156 Å². The topological polar surface area (TPSA) is 239 Å². The van der Waals surface area contributed by atoms with Crippen molar-refractivity contribution < 1.29 is 77.0 Å². The van der Waals surface area contributed by atoms with Gasteiger partial charge in [0.05, 0.1) is 49.0 Å². The van der Waals surface area contributed by atoms with Gasteiger partial charge in [-0.3, -0.25) is 28.8 Å². The van der Waals surface area contributed by atoms with Crippen LogP contribution in [0.2, 0.25) is 10.0 Å². The zero-order valence-corrected chi connectivity index (χ0v) is 84.3. The van der Waals surface area contributed by atoms with Gasteiger partial charge in [0.15, 0.2) is 11.6 Å². The molecule has 2 N–H and O–H groups in total. The normalized spacial score (nSPS) is 33.4. The number of Topliss-reactive ketones (excluding diaryl/α,β-unsaturated/α-hetero) is 2. The summed E-state index contributed by atoms with van der Waals surface area (Å²) in [4.78, 5) is 113. The molecule has 0 unspecified atom stereocenters. The number of carbonyl (C=O) groups is 8. The van der Waals surface area contributed by atoms with Crippen molar-refractivity contribution in [2.24, 2.45) is 112 Å². The molecule has 126 heavy (non-hydrogen) atoms. The number of aliphatic hydroxyl groups is 2. The summed E-state index contributed by atoms with van der Waals surface area (Å²) < 4.78 is 35.9. The summed E-state index contributed by atoms with van der Waals surface area (Å²) in [5, 5.41) is 26.7. The van der Waals surface area contributed by atoms with Crippen molar-refractivity contribution in [2.75, 3.05) is 13.1 Å². The van der Waals surface area contributed by atoms with Crippen molar-refractivity contribution in [3.63, 3.8) is 0 Å². The molecular formula is C106H160Cl2N2O16. The van der Waals surface area contributed by atoms with Gasteiger partial charge < -0.3 is 48.4 Å². The first-order chi connectivity index (χ1) is 57.6. The fourth-order valence-corrected chi connectivity index (χ4v) is 28.3. The molecule has 2 amide bonds. The van der Waals surface area contributed by atoms with Gasteiger partial charge in [-0.05, 0) is 340 Å². The van der Waals surface area contributed by atoms with E-state index in [4.69, 9.17) is 51.6 Å². The third-order valence-corrected chi connectivity index (χ3v) is 34.9. The Morgan fingerprint density at radius 1 is 0.405 bits per heavy atom. The van der Waals surface area contributed by atoms with Crippen LogP contribution >= 0.6 is 23.2 Å². The largest absolute Gasteiger partial charge is 0.462 e. The first-order valence-corrected chi connectivity index (χ1v) is 48.6. The summed E-state index contributed by atoms with van der Waals surface area (Å²) in [6.45, 7) is 62.4. The van der Waals surface area contributed by atoms with E-state index in [-0.39, 0.29) is 155 Å². The third-order valence-electron chi connectivity index (χ3n) is 34.4. The van der Waals surface area contributed by atoms with Gasteiger partial charge in [-0.2, -0.15) is 0 Å². The Bertz CT molecular complexity index is 4220. The predicted octanol–water partition coefficient (Wildman–Crippen LogP) is 24.2. The lowest BCUT2D eigenvalue weighted by Gasteiger charge is -2.72. The van der Waals surface area contributed by atoms with Gasteiger partial charge in [0.25, 0.3) is 0 Å². The molecule has 18 nitrogen and oxygen atoms in total. The number of ether oxygens (including phenoxy) is 6. The number of fused-ring (bicyclic) bond motifs is 14. The Morgan fingerprint density at radius 3 is 1.01 bits per heavy atom. The molecule has 0 heterocycles. The second-order valence-electron chi connectivity index (χ2n) is 49.5. The van der Waals surface area contributed by atoms with Gasteiger partial charge in [-0.15, -0.1) is 0 Å². The quantitative estimate of drug-likeness (QED) is 0.0925. The maximum atomic E-state index is 14.4. The van der Waals surface area contributed by atoms with Crippen LogP contribution in [0.4, 0.5) is 9.59 Å². The van der Waals surface area contributed by atoms with Crippen molar-refractivity contribution in [1.29, 1.82) is 0 Å². The summed E-state index contributed by atoms with van der Waals surface area (Å²) >= 11 is 12.4. The highest BCUT2D eigenvalue weighted by molar-refractivity contribution is 6.30. The fourth-order valence-electron chi connectivity index (χ4n) is 28.1. The van der Waals surface area contributed by atoms with E-state index in [2.05, 4.69) is 96.9 Å². The van der Waals surface area contributed by atoms with E-state index in [9.17, 15) is 48.6 Å². The minimum atomic E-state index is -1.00. The average Bonchev–Trinajstić information content (AvgIpc) is 1.57. The lowest BCUT2D eigenvalue weighted by molar-refractivity contribution is -0.235. The van der Waals surface area contributed by atoms with E-state index in [1.54, 1.807) is 61.8 Å². The van der Waals surface area contributed by atoms with Crippen LogP contribution in [0.5, 0.6) is 0 Å². The lowest BCUT2D eigenvalue weighted by Crippen LogP contribution is -2.66. The molecule has 0 radical (unpaired) electrons. The van der Waals surface area contributed by atoms with Crippen LogP contribution in [-0.4, -0.2) is 128 Å². The first kappa shape index (κ1) is 101. The second-order valence-corrected chi connectivity index (χ2v) is 50.4. The summed E-state index contributed by atoms with van der Waals surface area (Å²) in [5.74, 6) is 0.526. The van der Waals surface area contributed by atoms with Crippen molar-refractivity contribution in [2.45, 2.75) is 396 Å². The van der Waals surface area contributed by atoms with E-state index < -0.39 is 80.4 Å². The number of nitrogens with zero attached hydrogens (tertiary/aromatic N) is 2. The van der Waals surface area contributed by atoms with Crippen LogP contribution < -0.4 is 0 Å². The van der Waals surface area contributed by atoms with Crippen LogP contribution in [0.15, 0.2) is 70.8 Å². The van der Waals surface area contributed by atoms with E-state index in [1.807, 2.05) is 107 Å². The number of benzene rings is 2. The highest BCUT2D eigenvalue weighted by Gasteiger charge is 2.74. The third kappa shape index (κ3) is 19.0. The molecule has 20 heteroatoms. The number of hydrogen-bond acceptors (Lipinski definition) is 16. The molecule has 10 aliphatic rings. The number of halogens is 2. The van der Waals surface area contributed by atoms with Crippen LogP contribution in [0.25, 0.3) is 0 Å². The highest BCUT2D eigenvalue weighted by Crippen LogP contribution is 2.80. The van der Waals surface area contributed by atoms with Crippen LogP contribution in [0.1, 0.15) is 347 Å². The number of allylic oxidation sites excluding steroid dienone is 2. The van der Waals surface area contributed by atoms with Gasteiger partial charge in [-0.25, -0.2) is 9.59 Å². The molecule has 0 aromatic heterocycles. The molecule has 18 atom stereocenters. The summed E-state index contributed by atoms with van der Waals surface area (Å²) in [5.41, 5.74) is -1.28. The maximum Gasteiger partial charge on any atom is 0.410 e. The molecule has 8 fully saturated rings. The molecule has 2 aromatic rings. The van der Waals surface area contributed by atoms with Gasteiger partial charge in [0, 0.05) is 57.6 Å². The Morgan fingerprint density at radius 2 is 0.714 bits per heavy atom. The summed E-state index contributed by atoms with van der Waals surface area (Å²) in [6, 6.07) is 14.8. The van der Waals surface area contributed by atoms with Crippen molar-refractivity contribution in [3.05, 3.63) is 92.0 Å². The van der Waals surface area contributed by atoms with Crippen LogP contribution in [0.3, 0.4) is 0 Å². The Labute approximate surface area is 766 Å². The number of ketones is 2. The second kappa shape index (κ2) is 35.0. The molecule has 0 spiro atoms. The lowest BCUT2D eigenvalue weighted by atomic mass is 9.33. The molecule has 2 aromatic carbocycles. The molecule has 12 rings (SSSR count). The van der Waals surface area contributed by atoms with Gasteiger partial charge >= 0.3 is 36.1 Å². The Kier molecular flexibility index (Phi) is 28.0. The number of hydrogen-bond donors (Lipinski definition) is 2. The molecule has 0 bridgehead atoms. The van der Waals surface area contributed by atoms with Crippen LogP contribution in [0, 0.1) is 112 Å². The number of carbonyl (C=O) groups excluding carboxylic acids is 8. The minimum absolute atomic E-state index is 0.00670. The fraction of sp³-hybridized carbons (Fsp3) is 0.774. The summed E-state index contributed by atoms with van der Waals surface area (Å²) in [7, 11) is 0. The SMILES string of the molecule is CC(C)C1=C2[C@H]3CC[C@@H]4[C@@]5(C)CC[C@H](OC(=O)CC(C)(C)C(=O)OC(C)(C)C)C(C)(C)[C@@H]5CC[C@@]4(C)[C@]3(C)CC[C@@]2([C@@H](O)CN(Cc2ccc(Cl)cc2)C(=O)OC(C)(C)C)CC1=O.CC(C)C1=C2[C@H]3CC[C@@H]4[C@@]5(C)CC[C@H](OC(=O)CC(C)(C)C(=O)OC(C)(C)C)C(C)(C)[C@@H]5CC[C@@]4(C)[C@]3(C)CC[C@@]2([C@H](O)CN(Cc2ccc(Cl)cc2)C(=O)OC(C)(C)C)CC1=O. The van der Waals surface area contributed by atoms with Gasteiger partial charge in [0.1, 0.15) is 34.6 Å². The number of aliphatic hydroxyl groups excluding tert-OH is 2. The molecule has 0 aliphatic heterocycles. The predicted molar refractivity (Wildman–Crippen MR) is 495 cm³/mol.